The summed E-state index contributed by atoms with van der Waals surface area (Å²) in [5, 5.41) is 2.95. The number of anilines is 2. The van der Waals surface area contributed by atoms with Gasteiger partial charge in [-0.15, -0.1) is 0 Å². The molecule has 0 bridgehead atoms. The number of hydrogen-bond donors (Lipinski definition) is 2. The van der Waals surface area contributed by atoms with Gasteiger partial charge in [0.25, 0.3) is 0 Å². The quantitative estimate of drug-likeness (QED) is 0.654. The lowest BCUT2D eigenvalue weighted by Crippen LogP contribution is -2.22. The number of nitrogens with one attached hydrogen (secondary N) is 1. The van der Waals surface area contributed by atoms with Crippen molar-refractivity contribution in [1.82, 2.24) is 9.97 Å². The lowest BCUT2D eigenvalue weighted by molar-refractivity contribution is -0.115. The van der Waals surface area contributed by atoms with Crippen molar-refractivity contribution >= 4 is 29.2 Å². The molecule has 1 aromatic heterocycles. The molecule has 0 fully saturated rings. The molecule has 8 heteroatoms. The van der Waals surface area contributed by atoms with Crippen molar-refractivity contribution in [2.24, 2.45) is 0 Å². The van der Waals surface area contributed by atoms with Crippen LogP contribution in [0.2, 0.25) is 0 Å². The number of carbonyl (C=O) groups excluding carboxylic acids is 1. The number of thioether (sulfide) groups is 1. The summed E-state index contributed by atoms with van der Waals surface area (Å²) in [6.45, 7) is 3.82. The minimum atomic E-state index is -0.373. The molecule has 1 aromatic carbocycles. The average molecular weight is 332 g/mol. The van der Waals surface area contributed by atoms with E-state index < -0.39 is 0 Å². The van der Waals surface area contributed by atoms with Crippen molar-refractivity contribution in [3.8, 4) is 11.5 Å². The SMILES string of the molecule is Cc1cc(N)nc(S[C@@H](C)C(=O)Nc2ccc3c(c2)OCO3)n1. The molecular weight excluding hydrogens is 316 g/mol. The number of amides is 1. The Balaban J connectivity index is 1.65. The molecule has 0 aliphatic carbocycles. The minimum absolute atomic E-state index is 0.155. The highest BCUT2D eigenvalue weighted by molar-refractivity contribution is 8.00. The topological polar surface area (TPSA) is 99.4 Å². The number of rotatable bonds is 4. The first-order valence-electron chi connectivity index (χ1n) is 6.99. The van der Waals surface area contributed by atoms with Gasteiger partial charge in [0, 0.05) is 23.5 Å². The van der Waals surface area contributed by atoms with Crippen LogP contribution in [0.5, 0.6) is 11.5 Å². The molecule has 2 aromatic rings. The van der Waals surface area contributed by atoms with Gasteiger partial charge in [-0.05, 0) is 26.0 Å². The van der Waals surface area contributed by atoms with Crippen LogP contribution in [0.25, 0.3) is 0 Å². The van der Waals surface area contributed by atoms with Crippen LogP contribution in [0.3, 0.4) is 0 Å². The second-order valence-electron chi connectivity index (χ2n) is 5.03. The number of benzene rings is 1. The van der Waals surface area contributed by atoms with Crippen LogP contribution in [0.4, 0.5) is 11.5 Å². The van der Waals surface area contributed by atoms with Crippen molar-refractivity contribution in [1.29, 1.82) is 0 Å². The highest BCUT2D eigenvalue weighted by atomic mass is 32.2. The number of nitrogens with two attached hydrogens (primary N) is 1. The van der Waals surface area contributed by atoms with Crippen molar-refractivity contribution < 1.29 is 14.3 Å². The van der Waals surface area contributed by atoms with Gasteiger partial charge in [-0.2, -0.15) is 0 Å². The van der Waals surface area contributed by atoms with Crippen molar-refractivity contribution in [3.05, 3.63) is 30.0 Å². The first kappa shape index (κ1) is 15.4. The molecule has 3 rings (SSSR count). The van der Waals surface area contributed by atoms with Crippen molar-refractivity contribution in [2.75, 3.05) is 17.8 Å². The molecule has 2 heterocycles. The van der Waals surface area contributed by atoms with E-state index in [1.54, 1.807) is 31.2 Å². The van der Waals surface area contributed by atoms with Crippen molar-refractivity contribution in [2.45, 2.75) is 24.3 Å². The van der Waals surface area contributed by atoms with E-state index in [-0.39, 0.29) is 18.0 Å². The maximum absolute atomic E-state index is 12.3. The predicted octanol–water partition coefficient (Wildman–Crippen LogP) is 2.22. The van der Waals surface area contributed by atoms with E-state index in [0.717, 1.165) is 5.69 Å². The Morgan fingerprint density at radius 2 is 2.09 bits per heavy atom. The third kappa shape index (κ3) is 3.65. The molecule has 23 heavy (non-hydrogen) atoms. The van der Waals surface area contributed by atoms with E-state index in [1.807, 2.05) is 6.92 Å². The number of aromatic nitrogens is 2. The zero-order valence-corrected chi connectivity index (χ0v) is 13.5. The number of nitrogens with zero attached hydrogens (tertiary/aromatic N) is 2. The van der Waals surface area contributed by atoms with E-state index in [0.29, 0.717) is 28.2 Å². The summed E-state index contributed by atoms with van der Waals surface area (Å²) < 4.78 is 10.5. The molecule has 0 unspecified atom stereocenters. The Labute approximate surface area is 137 Å². The summed E-state index contributed by atoms with van der Waals surface area (Å²) in [4.78, 5) is 20.7. The molecular formula is C15H16N4O3S. The Bertz CT molecular complexity index is 733. The first-order valence-corrected chi connectivity index (χ1v) is 7.87. The van der Waals surface area contributed by atoms with Gasteiger partial charge in [-0.25, -0.2) is 9.97 Å². The Morgan fingerprint density at radius 3 is 2.87 bits per heavy atom. The monoisotopic (exact) mass is 332 g/mol. The normalized spacial score (nSPS) is 13.7. The van der Waals surface area contributed by atoms with Gasteiger partial charge < -0.3 is 20.5 Å². The third-order valence-electron chi connectivity index (χ3n) is 3.15. The highest BCUT2D eigenvalue weighted by Gasteiger charge is 2.19. The maximum atomic E-state index is 12.3. The number of hydrogen-bond acceptors (Lipinski definition) is 7. The molecule has 0 radical (unpaired) electrons. The van der Waals surface area contributed by atoms with E-state index >= 15 is 0 Å². The number of ether oxygens (including phenoxy) is 2. The summed E-state index contributed by atoms with van der Waals surface area (Å²) in [7, 11) is 0. The molecule has 0 spiro atoms. The number of carbonyl (C=O) groups is 1. The van der Waals surface area contributed by atoms with Gasteiger partial charge in [0.15, 0.2) is 16.7 Å². The second kappa shape index (κ2) is 6.33. The lowest BCUT2D eigenvalue weighted by atomic mass is 10.2. The Morgan fingerprint density at radius 1 is 1.30 bits per heavy atom. The molecule has 1 aliphatic heterocycles. The molecule has 3 N–H and O–H groups in total. The molecule has 7 nitrogen and oxygen atoms in total. The standard InChI is InChI=1S/C15H16N4O3S/c1-8-5-13(16)19-15(17-8)23-9(2)14(20)18-10-3-4-11-12(6-10)22-7-21-11/h3-6,9H,7H2,1-2H3,(H,18,20)(H2,16,17,19)/t9-/m0/s1. The number of aryl methyl sites for hydroxylation is 1. The van der Waals surface area contributed by atoms with Crippen LogP contribution in [0.1, 0.15) is 12.6 Å². The summed E-state index contributed by atoms with van der Waals surface area (Å²) in [6.07, 6.45) is 0. The van der Waals surface area contributed by atoms with Crippen LogP contribution in [-0.2, 0) is 4.79 Å². The molecule has 1 atom stereocenters. The lowest BCUT2D eigenvalue weighted by Gasteiger charge is -2.12. The van der Waals surface area contributed by atoms with E-state index in [9.17, 15) is 4.79 Å². The van der Waals surface area contributed by atoms with Gasteiger partial charge in [0.1, 0.15) is 5.82 Å². The maximum Gasteiger partial charge on any atom is 0.237 e. The summed E-state index contributed by atoms with van der Waals surface area (Å²) in [5.41, 5.74) is 7.11. The van der Waals surface area contributed by atoms with Gasteiger partial charge in [0.05, 0.1) is 5.25 Å². The predicted molar refractivity (Wildman–Crippen MR) is 87.7 cm³/mol. The summed E-state index contributed by atoms with van der Waals surface area (Å²) >= 11 is 1.25. The van der Waals surface area contributed by atoms with Gasteiger partial charge in [-0.1, -0.05) is 11.8 Å². The largest absolute Gasteiger partial charge is 0.454 e. The summed E-state index contributed by atoms with van der Waals surface area (Å²) in [6, 6.07) is 6.95. The Hall–Kier alpha value is -2.48. The molecule has 0 saturated heterocycles. The minimum Gasteiger partial charge on any atom is -0.454 e. The van der Waals surface area contributed by atoms with Gasteiger partial charge >= 0.3 is 0 Å². The van der Waals surface area contributed by atoms with Crippen LogP contribution in [0.15, 0.2) is 29.4 Å². The van der Waals surface area contributed by atoms with Gasteiger partial charge in [-0.3, -0.25) is 4.79 Å². The van der Waals surface area contributed by atoms with E-state index in [2.05, 4.69) is 15.3 Å². The van der Waals surface area contributed by atoms with Crippen LogP contribution in [0, 0.1) is 6.92 Å². The Kier molecular flexibility index (Phi) is 4.24. The molecule has 0 saturated carbocycles. The first-order chi connectivity index (χ1) is 11.0. The fourth-order valence-corrected chi connectivity index (χ4v) is 2.88. The zero-order valence-electron chi connectivity index (χ0n) is 12.7. The molecule has 120 valence electrons. The van der Waals surface area contributed by atoms with Crippen LogP contribution < -0.4 is 20.5 Å². The second-order valence-corrected chi connectivity index (χ2v) is 6.34. The molecule has 1 amide bonds. The average Bonchev–Trinajstić information content (AvgIpc) is 2.93. The van der Waals surface area contributed by atoms with Crippen LogP contribution >= 0.6 is 11.8 Å². The van der Waals surface area contributed by atoms with E-state index in [1.165, 1.54) is 11.8 Å². The van der Waals surface area contributed by atoms with Crippen molar-refractivity contribution in [3.63, 3.8) is 0 Å². The number of nitrogen functional groups attached to an aromatic ring is 1. The van der Waals surface area contributed by atoms with Crippen LogP contribution in [-0.4, -0.2) is 27.9 Å². The van der Waals surface area contributed by atoms with E-state index in [4.69, 9.17) is 15.2 Å². The summed E-state index contributed by atoms with van der Waals surface area (Å²) in [5.74, 6) is 1.54. The third-order valence-corrected chi connectivity index (χ3v) is 4.11. The highest BCUT2D eigenvalue weighted by Crippen LogP contribution is 2.34. The fourth-order valence-electron chi connectivity index (χ4n) is 2.05. The molecule has 1 aliphatic rings. The fraction of sp³-hybridized carbons (Fsp3) is 0.267. The smallest absolute Gasteiger partial charge is 0.237 e. The van der Waals surface area contributed by atoms with Gasteiger partial charge in [0.2, 0.25) is 12.7 Å². The zero-order chi connectivity index (χ0) is 16.4. The number of fused-ring (bicyclic) bond motifs is 1.